The van der Waals surface area contributed by atoms with Gasteiger partial charge in [0.25, 0.3) is 0 Å². The summed E-state index contributed by atoms with van der Waals surface area (Å²) in [6, 6.07) is 23.2. The number of unbranched alkanes of at least 4 members (excludes halogenated alkanes) is 1. The Morgan fingerprint density at radius 3 is 1.93 bits per heavy atom. The van der Waals surface area contributed by atoms with Crippen LogP contribution in [-0.2, 0) is 6.42 Å². The van der Waals surface area contributed by atoms with E-state index in [2.05, 4.69) is 146 Å². The van der Waals surface area contributed by atoms with Crippen molar-refractivity contribution >= 4 is 17.0 Å². The molecule has 0 bridgehead atoms. The minimum atomic E-state index is 0.632. The van der Waals surface area contributed by atoms with Gasteiger partial charge in [0.15, 0.2) is 0 Å². The van der Waals surface area contributed by atoms with Gasteiger partial charge in [0.1, 0.15) is 0 Å². The van der Waals surface area contributed by atoms with Gasteiger partial charge in [-0.25, -0.2) is 0 Å². The molecule has 0 saturated carbocycles. The third-order valence-corrected chi connectivity index (χ3v) is 7.85. The number of aryl methyl sites for hydroxylation is 3. The molecular formula is C43H60N2. The Morgan fingerprint density at radius 1 is 0.822 bits per heavy atom. The van der Waals surface area contributed by atoms with E-state index in [0.717, 1.165) is 46.8 Å². The fourth-order valence-electron chi connectivity index (χ4n) is 4.62. The van der Waals surface area contributed by atoms with Crippen molar-refractivity contribution in [3.05, 3.63) is 149 Å². The van der Waals surface area contributed by atoms with Crippen LogP contribution in [-0.4, -0.2) is 0 Å². The highest BCUT2D eigenvalue weighted by Crippen LogP contribution is 2.26. The van der Waals surface area contributed by atoms with E-state index < -0.39 is 0 Å². The Morgan fingerprint density at radius 2 is 1.44 bits per heavy atom. The standard InChI is InChI=1S/C17H19N.C12H18.C10H13N.C4H10/c1-12(2)16-10-9-13(3)17(11-16)18-14(4)15-7-5-6-8-15;1-4-7-10(2)12-9-6-5-8-11(12)3;1-3-9-4-6-10(7-5-9)8(2)11;1-3-4-2/h5-7,9-11,18H,1,4,8H2,2-3H3;5-6,8-10H,4,7H2,1-3H3;4-7H,2-3,11H2,1H3;3-4H2,1-2H3. The molecule has 242 valence electrons. The second-order valence-corrected chi connectivity index (χ2v) is 11.9. The van der Waals surface area contributed by atoms with Crippen molar-refractivity contribution in [3.63, 3.8) is 0 Å². The third-order valence-electron chi connectivity index (χ3n) is 7.85. The average Bonchev–Trinajstić information content (AvgIpc) is 3.59. The Balaban J connectivity index is 0.000000329. The predicted molar refractivity (Wildman–Crippen MR) is 205 cm³/mol. The summed E-state index contributed by atoms with van der Waals surface area (Å²) < 4.78 is 0. The lowest BCUT2D eigenvalue weighted by molar-refractivity contribution is 0.661. The maximum atomic E-state index is 5.51. The summed E-state index contributed by atoms with van der Waals surface area (Å²) in [6.07, 6.45) is 13.6. The van der Waals surface area contributed by atoms with Crippen molar-refractivity contribution in [3.8, 4) is 0 Å². The summed E-state index contributed by atoms with van der Waals surface area (Å²) in [5, 5.41) is 3.40. The number of anilines is 1. The van der Waals surface area contributed by atoms with Crippen LogP contribution in [0.15, 0.2) is 116 Å². The molecule has 3 N–H and O–H groups in total. The van der Waals surface area contributed by atoms with E-state index in [1.807, 2.05) is 19.1 Å². The van der Waals surface area contributed by atoms with Gasteiger partial charge < -0.3 is 11.1 Å². The highest BCUT2D eigenvalue weighted by molar-refractivity contribution is 5.69. The average molecular weight is 605 g/mol. The molecule has 1 aliphatic rings. The number of allylic oxidation sites excluding steroid dienone is 5. The molecule has 3 aromatic carbocycles. The minimum absolute atomic E-state index is 0.632. The van der Waals surface area contributed by atoms with Crippen LogP contribution < -0.4 is 11.1 Å². The molecule has 0 aromatic heterocycles. The van der Waals surface area contributed by atoms with Gasteiger partial charge in [-0.3, -0.25) is 0 Å². The quantitative estimate of drug-likeness (QED) is 0.241. The molecular weight excluding hydrogens is 544 g/mol. The smallest absolute Gasteiger partial charge is 0.0419 e. The molecule has 45 heavy (non-hydrogen) atoms. The van der Waals surface area contributed by atoms with Crippen LogP contribution in [0.1, 0.15) is 113 Å². The molecule has 0 saturated heterocycles. The van der Waals surface area contributed by atoms with E-state index in [-0.39, 0.29) is 0 Å². The SMILES string of the molecule is C=C(N)c1ccc(CC)cc1.C=C(Nc1cc(C(=C)C)ccc1C)C1=CC=CC1.CCCC.CCCC(C)c1ccccc1C. The van der Waals surface area contributed by atoms with Crippen molar-refractivity contribution in [1.29, 1.82) is 0 Å². The van der Waals surface area contributed by atoms with Crippen LogP contribution in [0.4, 0.5) is 5.69 Å². The minimum Gasteiger partial charge on any atom is -0.399 e. The van der Waals surface area contributed by atoms with Crippen LogP contribution in [0, 0.1) is 13.8 Å². The van der Waals surface area contributed by atoms with Crippen LogP contribution in [0.2, 0.25) is 0 Å². The molecule has 0 spiro atoms. The summed E-state index contributed by atoms with van der Waals surface area (Å²) in [6.45, 7) is 29.1. The molecule has 0 fully saturated rings. The summed E-state index contributed by atoms with van der Waals surface area (Å²) in [7, 11) is 0. The summed E-state index contributed by atoms with van der Waals surface area (Å²) in [5.41, 5.74) is 18.2. The van der Waals surface area contributed by atoms with E-state index in [4.69, 9.17) is 5.73 Å². The first-order chi connectivity index (χ1) is 21.5. The van der Waals surface area contributed by atoms with Crippen molar-refractivity contribution in [2.24, 2.45) is 5.73 Å². The van der Waals surface area contributed by atoms with Crippen LogP contribution >= 0.6 is 0 Å². The maximum absolute atomic E-state index is 5.51. The zero-order chi connectivity index (χ0) is 33.8. The van der Waals surface area contributed by atoms with Gasteiger partial charge in [-0.05, 0) is 91.0 Å². The molecule has 1 aliphatic carbocycles. The molecule has 2 heteroatoms. The Kier molecular flexibility index (Phi) is 18.7. The van der Waals surface area contributed by atoms with Crippen LogP contribution in [0.25, 0.3) is 11.3 Å². The molecule has 0 radical (unpaired) electrons. The second kappa shape index (κ2) is 21.6. The van der Waals surface area contributed by atoms with E-state index in [1.54, 1.807) is 0 Å². The van der Waals surface area contributed by atoms with E-state index in [1.165, 1.54) is 53.5 Å². The van der Waals surface area contributed by atoms with E-state index in [0.29, 0.717) is 5.70 Å². The lowest BCUT2D eigenvalue weighted by Gasteiger charge is -2.14. The molecule has 0 amide bonds. The van der Waals surface area contributed by atoms with Gasteiger partial charge in [-0.1, -0.05) is 158 Å². The molecule has 0 heterocycles. The molecule has 0 aliphatic heterocycles. The van der Waals surface area contributed by atoms with E-state index >= 15 is 0 Å². The normalized spacial score (nSPS) is 11.8. The summed E-state index contributed by atoms with van der Waals surface area (Å²) >= 11 is 0. The zero-order valence-corrected chi connectivity index (χ0v) is 29.6. The molecule has 1 atom stereocenters. The van der Waals surface area contributed by atoms with E-state index in [9.17, 15) is 0 Å². The summed E-state index contributed by atoms with van der Waals surface area (Å²) in [5.74, 6) is 0.719. The van der Waals surface area contributed by atoms with Crippen molar-refractivity contribution < 1.29 is 0 Å². The largest absolute Gasteiger partial charge is 0.399 e. The van der Waals surface area contributed by atoms with Gasteiger partial charge in [-0.2, -0.15) is 0 Å². The lowest BCUT2D eigenvalue weighted by atomic mass is 9.93. The maximum Gasteiger partial charge on any atom is 0.0419 e. The van der Waals surface area contributed by atoms with Crippen molar-refractivity contribution in [1.82, 2.24) is 0 Å². The van der Waals surface area contributed by atoms with Gasteiger partial charge >= 0.3 is 0 Å². The zero-order valence-electron chi connectivity index (χ0n) is 29.6. The number of nitrogens with two attached hydrogens (primary N) is 1. The molecule has 4 rings (SSSR count). The highest BCUT2D eigenvalue weighted by Gasteiger charge is 2.07. The third kappa shape index (κ3) is 14.5. The molecule has 1 unspecified atom stereocenters. The molecule has 3 aromatic rings. The number of benzene rings is 3. The van der Waals surface area contributed by atoms with Gasteiger partial charge in [0, 0.05) is 17.1 Å². The van der Waals surface area contributed by atoms with Gasteiger partial charge in [-0.15, -0.1) is 0 Å². The van der Waals surface area contributed by atoms with Crippen LogP contribution in [0.5, 0.6) is 0 Å². The van der Waals surface area contributed by atoms with Gasteiger partial charge in [0.05, 0.1) is 0 Å². The lowest BCUT2D eigenvalue weighted by Crippen LogP contribution is -2.02. The first kappa shape index (κ1) is 39.0. The number of rotatable bonds is 10. The Labute approximate surface area is 276 Å². The topological polar surface area (TPSA) is 38.0 Å². The van der Waals surface area contributed by atoms with Crippen molar-refractivity contribution in [2.75, 3.05) is 5.32 Å². The second-order valence-electron chi connectivity index (χ2n) is 11.9. The monoisotopic (exact) mass is 604 g/mol. The fourth-order valence-corrected chi connectivity index (χ4v) is 4.62. The molecule has 2 nitrogen and oxygen atoms in total. The Hall–Kier alpha value is -4.04. The highest BCUT2D eigenvalue weighted by atomic mass is 14.9. The predicted octanol–water partition coefficient (Wildman–Crippen LogP) is 12.7. The van der Waals surface area contributed by atoms with Crippen molar-refractivity contribution in [2.45, 2.75) is 99.8 Å². The number of hydrogen-bond acceptors (Lipinski definition) is 2. The first-order valence-electron chi connectivity index (χ1n) is 16.7. The Bertz CT molecular complexity index is 1400. The summed E-state index contributed by atoms with van der Waals surface area (Å²) in [4.78, 5) is 0. The first-order valence-corrected chi connectivity index (χ1v) is 16.7. The number of hydrogen-bond donors (Lipinski definition) is 2. The fraction of sp³-hybridized carbons (Fsp3) is 0.349. The van der Waals surface area contributed by atoms with Gasteiger partial charge in [0.2, 0.25) is 0 Å². The van der Waals surface area contributed by atoms with Crippen LogP contribution in [0.3, 0.4) is 0 Å². The number of nitrogens with one attached hydrogen (secondary N) is 1.